The molecule has 7 heteroatoms. The van der Waals surface area contributed by atoms with E-state index in [1.54, 1.807) is 0 Å². The van der Waals surface area contributed by atoms with Crippen LogP contribution in [0.25, 0.3) is 0 Å². The highest BCUT2D eigenvalue weighted by molar-refractivity contribution is 14.0. The Bertz CT molecular complexity index is 357. The van der Waals surface area contributed by atoms with Gasteiger partial charge in [-0.05, 0) is 18.8 Å². The van der Waals surface area contributed by atoms with E-state index >= 15 is 0 Å². The van der Waals surface area contributed by atoms with Gasteiger partial charge in [-0.2, -0.15) is 0 Å². The van der Waals surface area contributed by atoms with Crippen molar-refractivity contribution in [3.8, 4) is 0 Å². The average molecular weight is 411 g/mol. The molecule has 1 aliphatic carbocycles. The first kappa shape index (κ1) is 17.2. The number of rotatable bonds is 4. The highest BCUT2D eigenvalue weighted by atomic mass is 127. The van der Waals surface area contributed by atoms with Crippen LogP contribution in [0.15, 0.2) is 4.99 Å². The smallest absolute Gasteiger partial charge is 0.188 e. The number of nitrogens with one attached hydrogen (secondary N) is 1. The summed E-state index contributed by atoms with van der Waals surface area (Å²) in [6.07, 6.45) is 5.60. The van der Waals surface area contributed by atoms with Gasteiger partial charge < -0.3 is 25.3 Å². The van der Waals surface area contributed by atoms with E-state index in [1.807, 2.05) is 0 Å². The highest BCUT2D eigenvalue weighted by Crippen LogP contribution is 2.32. The molecule has 2 heterocycles. The van der Waals surface area contributed by atoms with E-state index in [9.17, 15) is 0 Å². The lowest BCUT2D eigenvalue weighted by atomic mass is 9.86. The van der Waals surface area contributed by atoms with Crippen molar-refractivity contribution in [1.82, 2.24) is 5.32 Å². The van der Waals surface area contributed by atoms with Crippen LogP contribution in [0.2, 0.25) is 0 Å². The van der Waals surface area contributed by atoms with Crippen molar-refractivity contribution in [2.75, 3.05) is 32.9 Å². The van der Waals surface area contributed by atoms with Gasteiger partial charge in [0.05, 0.1) is 19.8 Å². The quantitative estimate of drug-likeness (QED) is 0.414. The van der Waals surface area contributed by atoms with E-state index in [0.717, 1.165) is 25.3 Å². The van der Waals surface area contributed by atoms with Crippen molar-refractivity contribution in [3.05, 3.63) is 0 Å². The zero-order valence-corrected chi connectivity index (χ0v) is 14.7. The van der Waals surface area contributed by atoms with Crippen LogP contribution in [0, 0.1) is 5.92 Å². The molecule has 3 rings (SSSR count). The Kier molecular flexibility index (Phi) is 6.51. The van der Waals surface area contributed by atoms with Crippen LogP contribution in [0.3, 0.4) is 0 Å². The van der Waals surface area contributed by atoms with Gasteiger partial charge in [-0.25, -0.2) is 0 Å². The summed E-state index contributed by atoms with van der Waals surface area (Å²) in [5.41, 5.74) is 5.87. The molecule has 3 aliphatic rings. The third-order valence-electron chi connectivity index (χ3n) is 4.42. The first-order valence-electron chi connectivity index (χ1n) is 7.69. The Morgan fingerprint density at radius 3 is 2.71 bits per heavy atom. The van der Waals surface area contributed by atoms with Gasteiger partial charge in [0.25, 0.3) is 0 Å². The largest absolute Gasteiger partial charge is 0.381 e. The maximum Gasteiger partial charge on any atom is 0.188 e. The molecule has 6 nitrogen and oxygen atoms in total. The highest BCUT2D eigenvalue weighted by Gasteiger charge is 2.42. The lowest BCUT2D eigenvalue weighted by molar-refractivity contribution is -0.210. The molecular formula is C14H26IN3O3. The van der Waals surface area contributed by atoms with Crippen molar-refractivity contribution in [2.24, 2.45) is 16.6 Å². The minimum Gasteiger partial charge on any atom is -0.381 e. The van der Waals surface area contributed by atoms with E-state index in [1.165, 1.54) is 19.3 Å². The summed E-state index contributed by atoms with van der Waals surface area (Å²) in [6, 6.07) is 0. The van der Waals surface area contributed by atoms with Crippen LogP contribution >= 0.6 is 24.0 Å². The summed E-state index contributed by atoms with van der Waals surface area (Å²) in [6.45, 7) is 3.55. The van der Waals surface area contributed by atoms with Gasteiger partial charge in [-0.1, -0.05) is 6.42 Å². The second kappa shape index (κ2) is 7.94. The van der Waals surface area contributed by atoms with Gasteiger partial charge in [0.2, 0.25) is 0 Å². The van der Waals surface area contributed by atoms with Gasteiger partial charge in [0.15, 0.2) is 11.7 Å². The molecule has 1 saturated carbocycles. The Morgan fingerprint density at radius 2 is 2.05 bits per heavy atom. The number of nitrogens with zero attached hydrogens (tertiary/aromatic N) is 1. The molecule has 0 aromatic heterocycles. The van der Waals surface area contributed by atoms with Crippen LogP contribution in [0.1, 0.15) is 32.1 Å². The van der Waals surface area contributed by atoms with Gasteiger partial charge >= 0.3 is 0 Å². The predicted molar refractivity (Wildman–Crippen MR) is 90.9 cm³/mol. The van der Waals surface area contributed by atoms with Crippen LogP contribution in [0.4, 0.5) is 0 Å². The number of nitrogens with two attached hydrogens (primary N) is 1. The number of hydrogen-bond donors (Lipinski definition) is 2. The van der Waals surface area contributed by atoms with Gasteiger partial charge in [-0.15, -0.1) is 24.0 Å². The fourth-order valence-corrected chi connectivity index (χ4v) is 2.84. The molecule has 0 amide bonds. The summed E-state index contributed by atoms with van der Waals surface area (Å²) in [5.74, 6) is 0.850. The van der Waals surface area contributed by atoms with Crippen molar-refractivity contribution < 1.29 is 14.2 Å². The minimum atomic E-state index is -0.414. The van der Waals surface area contributed by atoms with Crippen molar-refractivity contribution in [3.63, 3.8) is 0 Å². The van der Waals surface area contributed by atoms with Gasteiger partial charge in [0, 0.05) is 25.9 Å². The van der Waals surface area contributed by atoms with Gasteiger partial charge in [-0.3, -0.25) is 4.99 Å². The molecule has 0 radical (unpaired) electrons. The number of ether oxygens (including phenoxy) is 3. The number of guanidine groups is 1. The van der Waals surface area contributed by atoms with E-state index in [4.69, 9.17) is 19.9 Å². The number of halogens is 1. The fourth-order valence-electron chi connectivity index (χ4n) is 2.84. The molecule has 122 valence electrons. The zero-order chi connectivity index (χ0) is 13.8. The molecular weight excluding hydrogens is 385 g/mol. The average Bonchev–Trinajstić information content (AvgIpc) is 2.78. The zero-order valence-electron chi connectivity index (χ0n) is 12.4. The van der Waals surface area contributed by atoms with E-state index in [2.05, 4.69) is 10.3 Å². The molecule has 0 bridgehead atoms. The first-order valence-corrected chi connectivity index (χ1v) is 7.69. The molecule has 1 unspecified atom stereocenters. The summed E-state index contributed by atoms with van der Waals surface area (Å²) < 4.78 is 17.2. The van der Waals surface area contributed by atoms with Crippen LogP contribution in [-0.2, 0) is 14.2 Å². The molecule has 2 saturated heterocycles. The molecule has 3 N–H and O–H groups in total. The SMILES string of the molecule is I.NC(=NCC1CCC1)NCC1COC2(CCOCC2)O1. The lowest BCUT2D eigenvalue weighted by Gasteiger charge is -2.31. The summed E-state index contributed by atoms with van der Waals surface area (Å²) >= 11 is 0. The normalized spacial score (nSPS) is 29.0. The van der Waals surface area contributed by atoms with Crippen LogP contribution in [-0.4, -0.2) is 50.8 Å². The van der Waals surface area contributed by atoms with E-state index < -0.39 is 5.79 Å². The fraction of sp³-hybridized carbons (Fsp3) is 0.929. The third kappa shape index (κ3) is 4.67. The second-order valence-electron chi connectivity index (χ2n) is 5.98. The summed E-state index contributed by atoms with van der Waals surface area (Å²) in [5, 5.41) is 3.14. The van der Waals surface area contributed by atoms with Crippen molar-refractivity contribution >= 4 is 29.9 Å². The standard InChI is InChI=1S/C14H25N3O3.HI/c15-13(16-8-11-2-1-3-11)17-9-12-10-19-14(20-12)4-6-18-7-5-14;/h11-12H,1-10H2,(H3,15,16,17);1H. The molecule has 3 fully saturated rings. The maximum atomic E-state index is 6.02. The topological polar surface area (TPSA) is 78.1 Å². The predicted octanol–water partition coefficient (Wildman–Crippen LogP) is 1.23. The summed E-state index contributed by atoms with van der Waals surface area (Å²) in [4.78, 5) is 4.38. The minimum absolute atomic E-state index is 0. The number of aliphatic imine (C=N–C) groups is 1. The molecule has 21 heavy (non-hydrogen) atoms. The monoisotopic (exact) mass is 411 g/mol. The maximum absolute atomic E-state index is 6.02. The molecule has 1 spiro atoms. The third-order valence-corrected chi connectivity index (χ3v) is 4.42. The molecule has 0 aromatic carbocycles. The van der Waals surface area contributed by atoms with Crippen molar-refractivity contribution in [2.45, 2.75) is 44.0 Å². The lowest BCUT2D eigenvalue weighted by Crippen LogP contribution is -2.41. The Hall–Kier alpha value is -0.120. The molecule has 0 aromatic rings. The van der Waals surface area contributed by atoms with E-state index in [-0.39, 0.29) is 30.1 Å². The molecule has 1 atom stereocenters. The Morgan fingerprint density at radius 1 is 1.29 bits per heavy atom. The van der Waals surface area contributed by atoms with Crippen LogP contribution < -0.4 is 11.1 Å². The first-order chi connectivity index (χ1) is 9.76. The number of hydrogen-bond acceptors (Lipinski definition) is 4. The molecule has 2 aliphatic heterocycles. The van der Waals surface area contributed by atoms with E-state index in [0.29, 0.717) is 32.3 Å². The summed E-state index contributed by atoms with van der Waals surface area (Å²) in [7, 11) is 0. The van der Waals surface area contributed by atoms with Crippen molar-refractivity contribution in [1.29, 1.82) is 0 Å². The Labute approximate surface area is 143 Å². The van der Waals surface area contributed by atoms with Crippen LogP contribution in [0.5, 0.6) is 0 Å². The van der Waals surface area contributed by atoms with Gasteiger partial charge in [0.1, 0.15) is 6.10 Å². The Balaban J connectivity index is 0.00000161. The second-order valence-corrected chi connectivity index (χ2v) is 5.98.